The number of likely N-dealkylation sites (N-methyl/N-ethyl adjacent to an activating group) is 1. The molecule has 1 fully saturated rings. The van der Waals surface area contributed by atoms with Crippen LogP contribution in [-0.2, 0) is 14.3 Å². The van der Waals surface area contributed by atoms with Crippen LogP contribution in [0.3, 0.4) is 0 Å². The molecule has 0 spiro atoms. The van der Waals surface area contributed by atoms with Crippen molar-refractivity contribution in [2.75, 3.05) is 19.6 Å². The highest BCUT2D eigenvalue weighted by molar-refractivity contribution is 5.84. The molecule has 0 aromatic rings. The van der Waals surface area contributed by atoms with E-state index in [1.807, 2.05) is 27.7 Å². The van der Waals surface area contributed by atoms with Gasteiger partial charge in [0.2, 0.25) is 5.91 Å². The summed E-state index contributed by atoms with van der Waals surface area (Å²) in [5, 5.41) is 2.89. The highest BCUT2D eigenvalue weighted by Gasteiger charge is 2.31. The number of nitrogens with zero attached hydrogens (tertiary/aromatic N) is 1. The van der Waals surface area contributed by atoms with Crippen molar-refractivity contribution in [2.24, 2.45) is 0 Å². The number of esters is 1. The van der Waals surface area contributed by atoms with Crippen LogP contribution in [0.4, 0.5) is 0 Å². The molecule has 92 valence electrons. The lowest BCUT2D eigenvalue weighted by Gasteiger charge is -2.33. The second-order valence-corrected chi connectivity index (χ2v) is 4.90. The first-order chi connectivity index (χ1) is 7.33. The van der Waals surface area contributed by atoms with Crippen LogP contribution >= 0.6 is 0 Å². The van der Waals surface area contributed by atoms with Crippen molar-refractivity contribution in [3.8, 4) is 0 Å². The van der Waals surface area contributed by atoms with E-state index in [4.69, 9.17) is 4.74 Å². The number of piperazine rings is 1. The molecule has 1 N–H and O–H groups in total. The third kappa shape index (κ3) is 3.48. The molecule has 5 nitrogen and oxygen atoms in total. The third-order valence-electron chi connectivity index (χ3n) is 2.33. The van der Waals surface area contributed by atoms with Crippen LogP contribution in [-0.4, -0.2) is 48.1 Å². The molecule has 5 heteroatoms. The smallest absolute Gasteiger partial charge is 0.325 e. The summed E-state index contributed by atoms with van der Waals surface area (Å²) in [4.78, 5) is 24.8. The third-order valence-corrected chi connectivity index (χ3v) is 2.33. The van der Waals surface area contributed by atoms with Crippen LogP contribution < -0.4 is 5.32 Å². The summed E-state index contributed by atoms with van der Waals surface area (Å²) in [5.41, 5.74) is -0.489. The van der Waals surface area contributed by atoms with Gasteiger partial charge in [0.15, 0.2) is 0 Å². The molecule has 1 atom stereocenters. The molecule has 1 rings (SSSR count). The Labute approximate surface area is 96.1 Å². The van der Waals surface area contributed by atoms with E-state index in [-0.39, 0.29) is 18.4 Å². The van der Waals surface area contributed by atoms with E-state index in [9.17, 15) is 9.59 Å². The standard InChI is InChI=1S/C11H20N2O3/c1-5-13-7-8(12-6-9(13)14)10(15)16-11(2,3)4/h8,12H,5-7H2,1-4H3. The minimum Gasteiger partial charge on any atom is -0.459 e. The first-order valence-corrected chi connectivity index (χ1v) is 5.57. The highest BCUT2D eigenvalue weighted by Crippen LogP contribution is 2.10. The second kappa shape index (κ2) is 4.82. The van der Waals surface area contributed by atoms with Crippen molar-refractivity contribution in [1.29, 1.82) is 0 Å². The van der Waals surface area contributed by atoms with Crippen molar-refractivity contribution in [3.05, 3.63) is 0 Å². The van der Waals surface area contributed by atoms with E-state index in [1.165, 1.54) is 0 Å². The number of hydrogen-bond donors (Lipinski definition) is 1. The van der Waals surface area contributed by atoms with Gasteiger partial charge in [-0.05, 0) is 27.7 Å². The Morgan fingerprint density at radius 1 is 1.56 bits per heavy atom. The van der Waals surface area contributed by atoms with E-state index < -0.39 is 11.6 Å². The number of hydrogen-bond acceptors (Lipinski definition) is 4. The zero-order valence-electron chi connectivity index (χ0n) is 10.4. The molecule has 1 saturated heterocycles. The van der Waals surface area contributed by atoms with Crippen LogP contribution in [0.2, 0.25) is 0 Å². The van der Waals surface area contributed by atoms with Gasteiger partial charge in [0.1, 0.15) is 11.6 Å². The maximum atomic E-state index is 11.8. The summed E-state index contributed by atoms with van der Waals surface area (Å²) in [5.74, 6) is -0.263. The van der Waals surface area contributed by atoms with Crippen molar-refractivity contribution in [1.82, 2.24) is 10.2 Å². The number of nitrogens with one attached hydrogen (secondary N) is 1. The number of carbonyl (C=O) groups excluding carboxylic acids is 2. The molecule has 0 saturated carbocycles. The molecular weight excluding hydrogens is 208 g/mol. The normalized spacial score (nSPS) is 22.1. The maximum absolute atomic E-state index is 11.8. The Morgan fingerprint density at radius 2 is 2.19 bits per heavy atom. The fraction of sp³-hybridized carbons (Fsp3) is 0.818. The lowest BCUT2D eigenvalue weighted by atomic mass is 10.1. The monoisotopic (exact) mass is 228 g/mol. The molecule has 1 heterocycles. The van der Waals surface area contributed by atoms with E-state index in [0.29, 0.717) is 13.1 Å². The van der Waals surface area contributed by atoms with Gasteiger partial charge in [-0.15, -0.1) is 0 Å². The molecule has 0 bridgehead atoms. The van der Waals surface area contributed by atoms with E-state index in [1.54, 1.807) is 4.90 Å². The zero-order valence-corrected chi connectivity index (χ0v) is 10.4. The zero-order chi connectivity index (χ0) is 12.3. The van der Waals surface area contributed by atoms with Gasteiger partial charge in [-0.3, -0.25) is 14.9 Å². The molecule has 0 aliphatic carbocycles. The first-order valence-electron chi connectivity index (χ1n) is 5.57. The average molecular weight is 228 g/mol. The van der Waals surface area contributed by atoms with Gasteiger partial charge in [-0.2, -0.15) is 0 Å². The summed E-state index contributed by atoms with van der Waals surface area (Å²) in [6.45, 7) is 8.61. The maximum Gasteiger partial charge on any atom is 0.325 e. The van der Waals surface area contributed by atoms with Crippen molar-refractivity contribution in [3.63, 3.8) is 0 Å². The van der Waals surface area contributed by atoms with Gasteiger partial charge in [0.25, 0.3) is 0 Å². The SMILES string of the molecule is CCN1CC(C(=O)OC(C)(C)C)NCC1=O. The Balaban J connectivity index is 2.55. The van der Waals surface area contributed by atoms with Crippen molar-refractivity contribution >= 4 is 11.9 Å². The van der Waals surface area contributed by atoms with Gasteiger partial charge in [0, 0.05) is 13.1 Å². The number of carbonyl (C=O) groups is 2. The molecule has 0 aromatic heterocycles. The van der Waals surface area contributed by atoms with Gasteiger partial charge < -0.3 is 9.64 Å². The fourth-order valence-electron chi connectivity index (χ4n) is 1.55. The van der Waals surface area contributed by atoms with E-state index >= 15 is 0 Å². The Morgan fingerprint density at radius 3 is 2.69 bits per heavy atom. The molecule has 1 unspecified atom stereocenters. The molecule has 16 heavy (non-hydrogen) atoms. The van der Waals surface area contributed by atoms with Gasteiger partial charge in [-0.1, -0.05) is 0 Å². The first kappa shape index (κ1) is 13.0. The van der Waals surface area contributed by atoms with Gasteiger partial charge >= 0.3 is 5.97 Å². The minimum atomic E-state index is -0.489. The van der Waals surface area contributed by atoms with E-state index in [0.717, 1.165) is 0 Å². The summed E-state index contributed by atoms with van der Waals surface area (Å²) < 4.78 is 5.27. The molecular formula is C11H20N2O3. The summed E-state index contributed by atoms with van der Waals surface area (Å²) in [7, 11) is 0. The summed E-state index contributed by atoms with van der Waals surface area (Å²) in [6.07, 6.45) is 0. The average Bonchev–Trinajstić information content (AvgIpc) is 2.15. The van der Waals surface area contributed by atoms with Gasteiger partial charge in [-0.25, -0.2) is 0 Å². The summed E-state index contributed by atoms with van der Waals surface area (Å²) in [6, 6.07) is -0.406. The van der Waals surface area contributed by atoms with Crippen LogP contribution in [0.1, 0.15) is 27.7 Å². The predicted molar refractivity (Wildman–Crippen MR) is 59.9 cm³/mol. The fourth-order valence-corrected chi connectivity index (χ4v) is 1.55. The summed E-state index contributed by atoms with van der Waals surface area (Å²) >= 11 is 0. The second-order valence-electron chi connectivity index (χ2n) is 4.90. The van der Waals surface area contributed by atoms with Crippen LogP contribution in [0, 0.1) is 0 Å². The van der Waals surface area contributed by atoms with E-state index in [2.05, 4.69) is 5.32 Å². The lowest BCUT2D eigenvalue weighted by Crippen LogP contribution is -2.57. The van der Waals surface area contributed by atoms with Gasteiger partial charge in [0.05, 0.1) is 6.54 Å². The quantitative estimate of drug-likeness (QED) is 0.683. The Kier molecular flexibility index (Phi) is 3.91. The minimum absolute atomic E-state index is 0.0299. The Bertz CT molecular complexity index is 283. The van der Waals surface area contributed by atoms with Crippen LogP contribution in [0.25, 0.3) is 0 Å². The molecule has 1 amide bonds. The van der Waals surface area contributed by atoms with Crippen LogP contribution in [0.15, 0.2) is 0 Å². The number of amides is 1. The molecule has 1 aliphatic heterocycles. The van der Waals surface area contributed by atoms with Crippen LogP contribution in [0.5, 0.6) is 0 Å². The lowest BCUT2D eigenvalue weighted by molar-refractivity contribution is -0.159. The molecule has 0 aromatic carbocycles. The highest BCUT2D eigenvalue weighted by atomic mass is 16.6. The topological polar surface area (TPSA) is 58.6 Å². The number of ether oxygens (including phenoxy) is 1. The Hall–Kier alpha value is -1.10. The molecule has 1 aliphatic rings. The van der Waals surface area contributed by atoms with Crippen molar-refractivity contribution < 1.29 is 14.3 Å². The number of rotatable bonds is 2. The largest absolute Gasteiger partial charge is 0.459 e. The predicted octanol–water partition coefficient (Wildman–Crippen LogP) is 0.148. The molecule has 0 radical (unpaired) electrons. The van der Waals surface area contributed by atoms with Crippen molar-refractivity contribution in [2.45, 2.75) is 39.3 Å².